The molecule has 0 N–H and O–H groups in total. The average Bonchev–Trinajstić information content (AvgIpc) is 3.19. The lowest BCUT2D eigenvalue weighted by Crippen LogP contribution is -2.26. The van der Waals surface area contributed by atoms with E-state index < -0.39 is 0 Å². The van der Waals surface area contributed by atoms with Crippen LogP contribution in [0.25, 0.3) is 11.5 Å². The van der Waals surface area contributed by atoms with E-state index in [-0.39, 0.29) is 11.8 Å². The first-order valence-corrected chi connectivity index (χ1v) is 7.90. The van der Waals surface area contributed by atoms with Crippen LogP contribution in [0.5, 0.6) is 0 Å². The van der Waals surface area contributed by atoms with Crippen LogP contribution in [0.1, 0.15) is 44.9 Å². The van der Waals surface area contributed by atoms with E-state index in [1.54, 1.807) is 12.5 Å². The molecule has 6 nitrogen and oxygen atoms in total. The van der Waals surface area contributed by atoms with E-state index in [1.165, 1.54) is 0 Å². The zero-order valence-corrected chi connectivity index (χ0v) is 13.2. The van der Waals surface area contributed by atoms with Crippen molar-refractivity contribution in [3.05, 3.63) is 24.5 Å². The first kappa shape index (κ1) is 14.8. The van der Waals surface area contributed by atoms with E-state index in [2.05, 4.69) is 28.4 Å². The van der Waals surface area contributed by atoms with Crippen LogP contribution in [0.15, 0.2) is 23.1 Å². The van der Waals surface area contributed by atoms with Gasteiger partial charge in [-0.2, -0.15) is 0 Å². The van der Waals surface area contributed by atoms with E-state index in [4.69, 9.17) is 4.42 Å². The largest absolute Gasteiger partial charge is 0.448 e. The summed E-state index contributed by atoms with van der Waals surface area (Å²) in [5.74, 6) is 2.10. The highest BCUT2D eigenvalue weighted by Crippen LogP contribution is 2.21. The Morgan fingerprint density at radius 1 is 1.36 bits per heavy atom. The number of likely N-dealkylation sites (tertiary alicyclic amines) is 1. The van der Waals surface area contributed by atoms with Crippen LogP contribution in [0.3, 0.4) is 0 Å². The van der Waals surface area contributed by atoms with Crippen LogP contribution < -0.4 is 0 Å². The summed E-state index contributed by atoms with van der Waals surface area (Å²) in [5, 5.41) is 0. The third-order valence-electron chi connectivity index (χ3n) is 3.96. The zero-order valence-electron chi connectivity index (χ0n) is 13.2. The summed E-state index contributed by atoms with van der Waals surface area (Å²) in [6.45, 7) is 6.64. The molecule has 0 aliphatic carbocycles. The predicted octanol–water partition coefficient (Wildman–Crippen LogP) is 2.67. The molecule has 22 heavy (non-hydrogen) atoms. The lowest BCUT2D eigenvalue weighted by molar-refractivity contribution is -0.127. The molecule has 2 aromatic heterocycles. The van der Waals surface area contributed by atoms with Gasteiger partial charge in [-0.3, -0.25) is 4.79 Å². The Bertz CT molecular complexity index is 644. The minimum Gasteiger partial charge on any atom is -0.448 e. The number of hydrogen-bond acceptors (Lipinski definition) is 4. The second-order valence-corrected chi connectivity index (χ2v) is 6.01. The van der Waals surface area contributed by atoms with Crippen LogP contribution in [0.2, 0.25) is 0 Å². The lowest BCUT2D eigenvalue weighted by Gasteiger charge is -2.15. The molecule has 3 rings (SSSR count). The number of rotatable bonds is 6. The number of nitrogens with zero attached hydrogens (tertiary/aromatic N) is 4. The SMILES string of the molecule is CC(C)c1nc(-c2nccn2CCCN2CCCC2=O)co1. The second-order valence-electron chi connectivity index (χ2n) is 6.01. The monoisotopic (exact) mass is 302 g/mol. The van der Waals surface area contributed by atoms with Gasteiger partial charge in [0.25, 0.3) is 0 Å². The molecular formula is C16H22N4O2. The molecule has 0 saturated carbocycles. The van der Waals surface area contributed by atoms with Gasteiger partial charge in [0.05, 0.1) is 0 Å². The molecule has 1 aliphatic heterocycles. The van der Waals surface area contributed by atoms with Crippen molar-refractivity contribution in [2.45, 2.75) is 45.6 Å². The normalized spacial score (nSPS) is 15.2. The number of aromatic nitrogens is 3. The first-order valence-electron chi connectivity index (χ1n) is 7.90. The van der Waals surface area contributed by atoms with Crippen molar-refractivity contribution in [3.63, 3.8) is 0 Å². The van der Waals surface area contributed by atoms with Gasteiger partial charge in [-0.05, 0) is 12.8 Å². The first-order chi connectivity index (χ1) is 10.6. The minimum atomic E-state index is 0.262. The van der Waals surface area contributed by atoms with Crippen molar-refractivity contribution in [2.24, 2.45) is 0 Å². The quantitative estimate of drug-likeness (QED) is 0.823. The number of aryl methyl sites for hydroxylation is 1. The number of amides is 1. The van der Waals surface area contributed by atoms with E-state index in [0.717, 1.165) is 49.9 Å². The van der Waals surface area contributed by atoms with Gasteiger partial charge >= 0.3 is 0 Å². The van der Waals surface area contributed by atoms with E-state index in [1.807, 2.05) is 11.1 Å². The summed E-state index contributed by atoms with van der Waals surface area (Å²) in [5.41, 5.74) is 0.769. The van der Waals surface area contributed by atoms with Crippen molar-refractivity contribution in [1.29, 1.82) is 0 Å². The smallest absolute Gasteiger partial charge is 0.222 e. The van der Waals surface area contributed by atoms with Gasteiger partial charge in [-0.1, -0.05) is 13.8 Å². The summed E-state index contributed by atoms with van der Waals surface area (Å²) in [6.07, 6.45) is 8.01. The molecule has 0 atom stereocenters. The molecule has 1 aliphatic rings. The summed E-state index contributed by atoms with van der Waals surface area (Å²) in [4.78, 5) is 22.4. The zero-order chi connectivity index (χ0) is 15.5. The van der Waals surface area contributed by atoms with Crippen LogP contribution in [0.4, 0.5) is 0 Å². The highest BCUT2D eigenvalue weighted by Gasteiger charge is 2.19. The molecule has 0 unspecified atom stereocenters. The average molecular weight is 302 g/mol. The molecule has 1 amide bonds. The van der Waals surface area contributed by atoms with Gasteiger partial charge in [0.1, 0.15) is 12.0 Å². The van der Waals surface area contributed by atoms with Crippen LogP contribution in [-0.2, 0) is 11.3 Å². The van der Waals surface area contributed by atoms with E-state index in [9.17, 15) is 4.79 Å². The molecule has 2 aromatic rings. The summed E-state index contributed by atoms with van der Waals surface area (Å²) >= 11 is 0. The predicted molar refractivity (Wildman–Crippen MR) is 82.2 cm³/mol. The highest BCUT2D eigenvalue weighted by atomic mass is 16.3. The van der Waals surface area contributed by atoms with Gasteiger partial charge in [0.15, 0.2) is 11.7 Å². The van der Waals surface area contributed by atoms with Crippen molar-refractivity contribution in [2.75, 3.05) is 13.1 Å². The number of oxazole rings is 1. The number of carbonyl (C=O) groups is 1. The van der Waals surface area contributed by atoms with Gasteiger partial charge in [-0.25, -0.2) is 9.97 Å². The fourth-order valence-corrected chi connectivity index (χ4v) is 2.75. The Morgan fingerprint density at radius 3 is 2.91 bits per heavy atom. The van der Waals surface area contributed by atoms with Crippen molar-refractivity contribution >= 4 is 5.91 Å². The Kier molecular flexibility index (Phi) is 4.27. The number of carbonyl (C=O) groups excluding carboxylic acids is 1. The van der Waals surface area contributed by atoms with Crippen LogP contribution in [0, 0.1) is 0 Å². The summed E-state index contributed by atoms with van der Waals surface area (Å²) < 4.78 is 7.56. The molecule has 1 saturated heterocycles. The van der Waals surface area contributed by atoms with Gasteiger partial charge in [0, 0.05) is 44.4 Å². The molecule has 1 fully saturated rings. The Morgan fingerprint density at radius 2 is 2.23 bits per heavy atom. The molecule has 0 bridgehead atoms. The van der Waals surface area contributed by atoms with Gasteiger partial charge in [-0.15, -0.1) is 0 Å². The third kappa shape index (κ3) is 3.05. The standard InChI is InChI=1S/C16H22N4O2/c1-12(2)16-18-13(11-22-16)15-17-6-10-20(15)9-4-8-19-7-3-5-14(19)21/h6,10-12H,3-5,7-9H2,1-2H3. The number of imidazole rings is 1. The van der Waals surface area contributed by atoms with Gasteiger partial charge in [0.2, 0.25) is 5.91 Å². The highest BCUT2D eigenvalue weighted by molar-refractivity contribution is 5.77. The molecule has 3 heterocycles. The Balaban J connectivity index is 1.63. The van der Waals surface area contributed by atoms with Crippen LogP contribution in [-0.4, -0.2) is 38.4 Å². The van der Waals surface area contributed by atoms with E-state index in [0.29, 0.717) is 6.42 Å². The van der Waals surface area contributed by atoms with Crippen molar-refractivity contribution in [1.82, 2.24) is 19.4 Å². The van der Waals surface area contributed by atoms with Crippen LogP contribution >= 0.6 is 0 Å². The van der Waals surface area contributed by atoms with Crippen molar-refractivity contribution < 1.29 is 9.21 Å². The maximum atomic E-state index is 11.6. The molecular weight excluding hydrogens is 280 g/mol. The Hall–Kier alpha value is -2.11. The molecule has 0 spiro atoms. The summed E-state index contributed by atoms with van der Waals surface area (Å²) in [6, 6.07) is 0. The topological polar surface area (TPSA) is 64.2 Å². The summed E-state index contributed by atoms with van der Waals surface area (Å²) in [7, 11) is 0. The molecule has 0 radical (unpaired) electrons. The van der Waals surface area contributed by atoms with Crippen molar-refractivity contribution in [3.8, 4) is 11.5 Å². The lowest BCUT2D eigenvalue weighted by atomic mass is 10.2. The second kappa shape index (κ2) is 6.34. The number of hydrogen-bond donors (Lipinski definition) is 0. The van der Waals surface area contributed by atoms with E-state index >= 15 is 0 Å². The fraction of sp³-hybridized carbons (Fsp3) is 0.562. The minimum absolute atomic E-state index is 0.262. The maximum absolute atomic E-state index is 11.6. The third-order valence-corrected chi connectivity index (χ3v) is 3.96. The molecule has 6 heteroatoms. The Labute approximate surface area is 130 Å². The molecule has 118 valence electrons. The molecule has 0 aromatic carbocycles. The fourth-order valence-electron chi connectivity index (χ4n) is 2.75. The maximum Gasteiger partial charge on any atom is 0.222 e. The van der Waals surface area contributed by atoms with Gasteiger partial charge < -0.3 is 13.9 Å².